The summed E-state index contributed by atoms with van der Waals surface area (Å²) in [5.74, 6) is 0.868. The summed E-state index contributed by atoms with van der Waals surface area (Å²) in [4.78, 5) is 8.08. The second kappa shape index (κ2) is 4.70. The molecule has 1 aromatic heterocycles. The van der Waals surface area contributed by atoms with Crippen molar-refractivity contribution in [1.82, 2.24) is 9.97 Å². The lowest BCUT2D eigenvalue weighted by Gasteiger charge is -2.23. The molecule has 5 heteroatoms. The van der Waals surface area contributed by atoms with Crippen molar-refractivity contribution in [3.63, 3.8) is 0 Å². The molecule has 1 aromatic rings. The number of hydrogen-bond donors (Lipinski definition) is 1. The largest absolute Gasteiger partial charge is 0.381 e. The van der Waals surface area contributed by atoms with Gasteiger partial charge < -0.3 is 10.1 Å². The van der Waals surface area contributed by atoms with Gasteiger partial charge in [0, 0.05) is 25.5 Å². The summed E-state index contributed by atoms with van der Waals surface area (Å²) in [7, 11) is 0. The van der Waals surface area contributed by atoms with E-state index in [0.717, 1.165) is 36.3 Å². The van der Waals surface area contributed by atoms with Crippen LogP contribution in [0.2, 0.25) is 0 Å². The predicted octanol–water partition coefficient (Wildman–Crippen LogP) is 1.83. The van der Waals surface area contributed by atoms with Crippen molar-refractivity contribution in [3.05, 3.63) is 17.0 Å². The first kappa shape index (κ1) is 9.86. The molecule has 0 amide bonds. The second-order valence-corrected chi connectivity index (χ2v) is 4.10. The fraction of sp³-hybridized carbons (Fsp3) is 0.556. The van der Waals surface area contributed by atoms with E-state index in [-0.39, 0.29) is 0 Å². The summed E-state index contributed by atoms with van der Waals surface area (Å²) in [6.45, 7) is 1.67. The van der Waals surface area contributed by atoms with Crippen molar-refractivity contribution in [1.29, 1.82) is 0 Å². The lowest BCUT2D eigenvalue weighted by atomic mass is 10.1. The van der Waals surface area contributed by atoms with Gasteiger partial charge in [-0.25, -0.2) is 9.97 Å². The van der Waals surface area contributed by atoms with Crippen LogP contribution in [0.25, 0.3) is 0 Å². The fourth-order valence-electron chi connectivity index (χ4n) is 1.45. The van der Waals surface area contributed by atoms with Crippen LogP contribution in [-0.4, -0.2) is 29.2 Å². The molecule has 76 valence electrons. The zero-order valence-electron chi connectivity index (χ0n) is 7.74. The fourth-order valence-corrected chi connectivity index (χ4v) is 1.79. The van der Waals surface area contributed by atoms with E-state index in [0.29, 0.717) is 6.04 Å². The van der Waals surface area contributed by atoms with Gasteiger partial charge in [0.1, 0.15) is 12.1 Å². The number of rotatable bonds is 2. The molecule has 0 bridgehead atoms. The number of hydrogen-bond acceptors (Lipinski definition) is 4. The van der Waals surface area contributed by atoms with Gasteiger partial charge in [0.2, 0.25) is 0 Å². The third-order valence-electron chi connectivity index (χ3n) is 2.23. The maximum atomic E-state index is 5.28. The summed E-state index contributed by atoms with van der Waals surface area (Å²) < 4.78 is 6.19. The average Bonchev–Trinajstić information content (AvgIpc) is 2.23. The van der Waals surface area contributed by atoms with Crippen LogP contribution in [0.4, 0.5) is 5.82 Å². The van der Waals surface area contributed by atoms with Gasteiger partial charge in [-0.1, -0.05) is 0 Å². The highest BCUT2D eigenvalue weighted by Crippen LogP contribution is 2.20. The van der Waals surface area contributed by atoms with Crippen molar-refractivity contribution >= 4 is 21.7 Å². The molecule has 1 N–H and O–H groups in total. The third kappa shape index (κ3) is 2.42. The number of nitrogens with one attached hydrogen (secondary N) is 1. The van der Waals surface area contributed by atoms with Crippen LogP contribution in [-0.2, 0) is 4.74 Å². The van der Waals surface area contributed by atoms with Gasteiger partial charge in [-0.15, -0.1) is 0 Å². The number of halogens is 1. The molecule has 0 atom stereocenters. The minimum absolute atomic E-state index is 0.468. The molecule has 2 heterocycles. The molecule has 0 aromatic carbocycles. The van der Waals surface area contributed by atoms with Gasteiger partial charge in [0.15, 0.2) is 0 Å². The van der Waals surface area contributed by atoms with Gasteiger partial charge in [0.25, 0.3) is 0 Å². The molecule has 0 aliphatic carbocycles. The molecule has 0 saturated carbocycles. The van der Waals surface area contributed by atoms with Crippen molar-refractivity contribution < 1.29 is 4.74 Å². The Kier molecular flexibility index (Phi) is 3.31. The third-order valence-corrected chi connectivity index (χ3v) is 2.81. The molecule has 1 saturated heterocycles. The molecule has 14 heavy (non-hydrogen) atoms. The Morgan fingerprint density at radius 1 is 1.43 bits per heavy atom. The molecular weight excluding hydrogens is 246 g/mol. The Hall–Kier alpha value is -0.680. The lowest BCUT2D eigenvalue weighted by molar-refractivity contribution is 0.0903. The summed E-state index contributed by atoms with van der Waals surface area (Å²) in [6.07, 6.45) is 5.37. The van der Waals surface area contributed by atoms with E-state index in [2.05, 4.69) is 31.2 Å². The van der Waals surface area contributed by atoms with E-state index in [1.807, 2.05) is 0 Å². The highest BCUT2D eigenvalue weighted by molar-refractivity contribution is 9.10. The molecular formula is C9H12BrN3O. The van der Waals surface area contributed by atoms with Gasteiger partial charge in [0.05, 0.1) is 4.47 Å². The van der Waals surface area contributed by atoms with Crippen LogP contribution in [0, 0.1) is 0 Å². The first-order valence-corrected chi connectivity index (χ1v) is 5.45. The van der Waals surface area contributed by atoms with E-state index in [4.69, 9.17) is 4.74 Å². The number of anilines is 1. The summed E-state index contributed by atoms with van der Waals surface area (Å²) >= 11 is 3.40. The van der Waals surface area contributed by atoms with Crippen LogP contribution < -0.4 is 5.32 Å². The van der Waals surface area contributed by atoms with Crippen molar-refractivity contribution in [2.45, 2.75) is 18.9 Å². The zero-order chi connectivity index (χ0) is 9.80. The van der Waals surface area contributed by atoms with E-state index < -0.39 is 0 Å². The van der Waals surface area contributed by atoms with Crippen LogP contribution in [0.5, 0.6) is 0 Å². The van der Waals surface area contributed by atoms with Gasteiger partial charge >= 0.3 is 0 Å². The first-order valence-electron chi connectivity index (χ1n) is 4.66. The Morgan fingerprint density at radius 3 is 2.93 bits per heavy atom. The van der Waals surface area contributed by atoms with Crippen molar-refractivity contribution in [2.24, 2.45) is 0 Å². The van der Waals surface area contributed by atoms with Gasteiger partial charge in [-0.3, -0.25) is 0 Å². The zero-order valence-corrected chi connectivity index (χ0v) is 9.33. The summed E-state index contributed by atoms with van der Waals surface area (Å²) in [5.41, 5.74) is 0. The number of aromatic nitrogens is 2. The molecule has 1 aliphatic heterocycles. The number of ether oxygens (including phenoxy) is 1. The van der Waals surface area contributed by atoms with Crippen LogP contribution in [0.15, 0.2) is 17.0 Å². The molecule has 4 nitrogen and oxygen atoms in total. The van der Waals surface area contributed by atoms with E-state index in [9.17, 15) is 0 Å². The highest BCUT2D eigenvalue weighted by atomic mass is 79.9. The molecule has 0 spiro atoms. The molecule has 0 unspecified atom stereocenters. The van der Waals surface area contributed by atoms with E-state index in [1.54, 1.807) is 12.5 Å². The minimum atomic E-state index is 0.468. The van der Waals surface area contributed by atoms with Crippen LogP contribution in [0.1, 0.15) is 12.8 Å². The standard InChI is InChI=1S/C9H12BrN3O/c10-8-5-11-6-12-9(8)13-7-1-3-14-4-2-7/h5-7H,1-4H2,(H,11,12,13). The van der Waals surface area contributed by atoms with Crippen molar-refractivity contribution in [2.75, 3.05) is 18.5 Å². The monoisotopic (exact) mass is 257 g/mol. The van der Waals surface area contributed by atoms with E-state index in [1.165, 1.54) is 0 Å². The van der Waals surface area contributed by atoms with Crippen LogP contribution in [0.3, 0.4) is 0 Å². The Balaban J connectivity index is 1.99. The molecule has 0 radical (unpaired) electrons. The van der Waals surface area contributed by atoms with E-state index >= 15 is 0 Å². The maximum Gasteiger partial charge on any atom is 0.143 e. The summed E-state index contributed by atoms with van der Waals surface area (Å²) in [5, 5.41) is 3.37. The van der Waals surface area contributed by atoms with Gasteiger partial charge in [-0.2, -0.15) is 0 Å². The molecule has 1 aliphatic rings. The Labute approximate surface area is 91.2 Å². The lowest BCUT2D eigenvalue weighted by Crippen LogP contribution is -2.28. The summed E-state index contributed by atoms with van der Waals surface area (Å²) in [6, 6.07) is 0.468. The molecule has 2 rings (SSSR count). The van der Waals surface area contributed by atoms with Gasteiger partial charge in [-0.05, 0) is 28.8 Å². The van der Waals surface area contributed by atoms with Crippen molar-refractivity contribution in [3.8, 4) is 0 Å². The Bertz CT molecular complexity index is 302. The predicted molar refractivity (Wildman–Crippen MR) is 57.2 cm³/mol. The smallest absolute Gasteiger partial charge is 0.143 e. The minimum Gasteiger partial charge on any atom is -0.381 e. The maximum absolute atomic E-state index is 5.28. The normalized spacial score (nSPS) is 18.1. The SMILES string of the molecule is Brc1cncnc1NC1CCOCC1. The highest BCUT2D eigenvalue weighted by Gasteiger charge is 2.14. The topological polar surface area (TPSA) is 47.0 Å². The Morgan fingerprint density at radius 2 is 2.21 bits per heavy atom. The first-order chi connectivity index (χ1) is 6.86. The molecule has 1 fully saturated rings. The quantitative estimate of drug-likeness (QED) is 0.879. The number of nitrogens with zero attached hydrogens (tertiary/aromatic N) is 2. The van der Waals surface area contributed by atoms with Crippen LogP contribution >= 0.6 is 15.9 Å². The average molecular weight is 258 g/mol. The second-order valence-electron chi connectivity index (χ2n) is 3.25.